The standard InChI is InChI=1S/C23H23N3O4S/c1-14-20-18(26(21(14)27)22-24-17-5-3-4-6-19(17)31-22)11-12-25(20)23(28)30-13-15-7-9-16(29-2)10-8-15/h3-10,14,18,20H,11-13H2,1-2H3/t14-,18-,20+/m0/s1. The van der Waals surface area contributed by atoms with E-state index in [-0.39, 0.29) is 36.6 Å². The predicted molar refractivity (Wildman–Crippen MR) is 118 cm³/mol. The van der Waals surface area contributed by atoms with E-state index in [1.165, 1.54) is 11.3 Å². The lowest BCUT2D eigenvalue weighted by molar-refractivity contribution is -0.120. The molecular formula is C23H23N3O4S. The minimum Gasteiger partial charge on any atom is -0.497 e. The third-order valence-electron chi connectivity index (χ3n) is 6.14. The first-order chi connectivity index (χ1) is 15.1. The van der Waals surface area contributed by atoms with Crippen molar-refractivity contribution in [1.29, 1.82) is 0 Å². The Morgan fingerprint density at radius 3 is 2.71 bits per heavy atom. The summed E-state index contributed by atoms with van der Waals surface area (Å²) in [5, 5.41) is 0.707. The van der Waals surface area contributed by atoms with E-state index in [1.807, 2.05) is 55.5 Å². The zero-order valence-corrected chi connectivity index (χ0v) is 18.2. The molecule has 0 aliphatic carbocycles. The highest BCUT2D eigenvalue weighted by Crippen LogP contribution is 2.41. The van der Waals surface area contributed by atoms with Crippen molar-refractivity contribution in [3.8, 4) is 5.75 Å². The zero-order chi connectivity index (χ0) is 21.5. The number of thiazole rings is 1. The minimum atomic E-state index is -0.380. The Kier molecular flexibility index (Phi) is 5.02. The van der Waals surface area contributed by atoms with Gasteiger partial charge in [0.2, 0.25) is 5.91 Å². The molecule has 0 radical (unpaired) electrons. The van der Waals surface area contributed by atoms with Crippen LogP contribution in [-0.2, 0) is 16.1 Å². The molecule has 3 atom stereocenters. The van der Waals surface area contributed by atoms with Crippen LogP contribution in [0.5, 0.6) is 5.75 Å². The molecule has 3 heterocycles. The number of anilines is 1. The van der Waals surface area contributed by atoms with Crippen LogP contribution in [0.2, 0.25) is 0 Å². The number of carbonyl (C=O) groups excluding carboxylic acids is 2. The van der Waals surface area contributed by atoms with Crippen molar-refractivity contribution in [2.24, 2.45) is 5.92 Å². The molecule has 2 aliphatic heterocycles. The average Bonchev–Trinajstić information content (AvgIpc) is 3.47. The highest BCUT2D eigenvalue weighted by atomic mass is 32.1. The Labute approximate surface area is 184 Å². The Morgan fingerprint density at radius 2 is 1.97 bits per heavy atom. The first kappa shape index (κ1) is 19.8. The summed E-state index contributed by atoms with van der Waals surface area (Å²) in [6.07, 6.45) is 0.336. The second-order valence-electron chi connectivity index (χ2n) is 7.90. The van der Waals surface area contributed by atoms with Crippen LogP contribution in [0.25, 0.3) is 10.2 Å². The molecule has 0 spiro atoms. The molecule has 3 aromatic rings. The van der Waals surface area contributed by atoms with Gasteiger partial charge in [0.25, 0.3) is 0 Å². The maximum atomic E-state index is 13.1. The molecule has 1 aromatic heterocycles. The van der Waals surface area contributed by atoms with Gasteiger partial charge in [-0.05, 0) is 36.2 Å². The molecule has 31 heavy (non-hydrogen) atoms. The van der Waals surface area contributed by atoms with Gasteiger partial charge in [-0.15, -0.1) is 0 Å². The Bertz CT molecular complexity index is 1100. The van der Waals surface area contributed by atoms with Crippen molar-refractivity contribution in [3.05, 3.63) is 54.1 Å². The number of aromatic nitrogens is 1. The molecule has 2 saturated heterocycles. The van der Waals surface area contributed by atoms with Crippen molar-refractivity contribution in [2.75, 3.05) is 18.6 Å². The molecule has 2 amide bonds. The van der Waals surface area contributed by atoms with E-state index in [0.29, 0.717) is 18.1 Å². The van der Waals surface area contributed by atoms with Gasteiger partial charge < -0.3 is 14.4 Å². The molecule has 2 aliphatic rings. The largest absolute Gasteiger partial charge is 0.497 e. The van der Waals surface area contributed by atoms with E-state index in [1.54, 1.807) is 16.9 Å². The van der Waals surface area contributed by atoms with Crippen LogP contribution < -0.4 is 9.64 Å². The number of ether oxygens (including phenoxy) is 2. The van der Waals surface area contributed by atoms with Crippen LogP contribution in [0.1, 0.15) is 18.9 Å². The smallest absolute Gasteiger partial charge is 0.410 e. The molecule has 0 N–H and O–H groups in total. The Balaban J connectivity index is 1.31. The molecule has 160 valence electrons. The monoisotopic (exact) mass is 437 g/mol. The summed E-state index contributed by atoms with van der Waals surface area (Å²) < 4.78 is 11.8. The predicted octanol–water partition coefficient (Wildman–Crippen LogP) is 4.07. The van der Waals surface area contributed by atoms with E-state index in [0.717, 1.165) is 21.5 Å². The summed E-state index contributed by atoms with van der Waals surface area (Å²) in [4.78, 5) is 34.2. The molecule has 0 saturated carbocycles. The summed E-state index contributed by atoms with van der Waals surface area (Å²) in [6.45, 7) is 2.64. The van der Waals surface area contributed by atoms with E-state index in [9.17, 15) is 9.59 Å². The Morgan fingerprint density at radius 1 is 1.19 bits per heavy atom. The summed E-state index contributed by atoms with van der Waals surface area (Å²) in [6, 6.07) is 15.0. The van der Waals surface area contributed by atoms with Crippen molar-refractivity contribution in [1.82, 2.24) is 9.88 Å². The van der Waals surface area contributed by atoms with E-state index < -0.39 is 0 Å². The highest BCUT2D eigenvalue weighted by Gasteiger charge is 2.54. The Hall–Kier alpha value is -3.13. The van der Waals surface area contributed by atoms with E-state index >= 15 is 0 Å². The fourth-order valence-corrected chi connectivity index (χ4v) is 5.60. The topological polar surface area (TPSA) is 72.0 Å². The van der Waals surface area contributed by atoms with Gasteiger partial charge in [-0.3, -0.25) is 9.69 Å². The highest BCUT2D eigenvalue weighted by molar-refractivity contribution is 7.22. The summed E-state index contributed by atoms with van der Waals surface area (Å²) in [5.74, 6) is 0.473. The maximum Gasteiger partial charge on any atom is 0.410 e. The maximum absolute atomic E-state index is 13.1. The number of fused-ring (bicyclic) bond motifs is 2. The fraction of sp³-hybridized carbons (Fsp3) is 0.348. The summed E-state index contributed by atoms with van der Waals surface area (Å²) in [5.41, 5.74) is 1.77. The van der Waals surface area contributed by atoms with Gasteiger partial charge in [0, 0.05) is 6.54 Å². The van der Waals surface area contributed by atoms with Gasteiger partial charge in [0.1, 0.15) is 12.4 Å². The number of amides is 2. The second-order valence-corrected chi connectivity index (χ2v) is 8.91. The van der Waals surface area contributed by atoms with Gasteiger partial charge in [-0.1, -0.05) is 42.5 Å². The van der Waals surface area contributed by atoms with Gasteiger partial charge in [-0.25, -0.2) is 9.78 Å². The molecule has 0 bridgehead atoms. The average molecular weight is 438 g/mol. The van der Waals surface area contributed by atoms with Crippen LogP contribution in [0.15, 0.2) is 48.5 Å². The number of hydrogen-bond acceptors (Lipinski definition) is 6. The van der Waals surface area contributed by atoms with Gasteiger partial charge in [0.05, 0.1) is 35.3 Å². The molecule has 7 nitrogen and oxygen atoms in total. The third kappa shape index (κ3) is 3.40. The number of para-hydroxylation sites is 1. The summed E-state index contributed by atoms with van der Waals surface area (Å²) in [7, 11) is 1.61. The zero-order valence-electron chi connectivity index (χ0n) is 17.4. The van der Waals surface area contributed by atoms with Gasteiger partial charge in [-0.2, -0.15) is 0 Å². The molecule has 5 rings (SSSR count). The van der Waals surface area contributed by atoms with Gasteiger partial charge in [0.15, 0.2) is 5.13 Å². The number of methoxy groups -OCH3 is 1. The number of nitrogens with zero attached hydrogens (tertiary/aromatic N) is 3. The summed E-state index contributed by atoms with van der Waals surface area (Å²) >= 11 is 1.52. The SMILES string of the molecule is COc1ccc(COC(=O)N2CC[C@H]3[C@H]2[C@H](C)C(=O)N3c2nc3ccccc3s2)cc1. The molecule has 2 fully saturated rings. The number of benzene rings is 2. The van der Waals surface area contributed by atoms with Crippen LogP contribution in [0.3, 0.4) is 0 Å². The van der Waals surface area contributed by atoms with Crippen LogP contribution in [-0.4, -0.2) is 47.6 Å². The number of likely N-dealkylation sites (tertiary alicyclic amines) is 1. The van der Waals surface area contributed by atoms with Crippen molar-refractivity contribution in [3.63, 3.8) is 0 Å². The van der Waals surface area contributed by atoms with Crippen molar-refractivity contribution < 1.29 is 19.1 Å². The van der Waals surface area contributed by atoms with Crippen LogP contribution in [0, 0.1) is 5.92 Å². The van der Waals surface area contributed by atoms with Crippen LogP contribution >= 0.6 is 11.3 Å². The number of carbonyl (C=O) groups is 2. The molecule has 2 aromatic carbocycles. The molecule has 8 heteroatoms. The number of rotatable bonds is 4. The lowest BCUT2D eigenvalue weighted by atomic mass is 10.0. The number of hydrogen-bond donors (Lipinski definition) is 0. The lowest BCUT2D eigenvalue weighted by Crippen LogP contribution is -2.42. The third-order valence-corrected chi connectivity index (χ3v) is 7.17. The van der Waals surface area contributed by atoms with Crippen molar-refractivity contribution >= 4 is 38.7 Å². The van der Waals surface area contributed by atoms with E-state index in [2.05, 4.69) is 4.98 Å². The second kappa shape index (κ2) is 7.85. The quantitative estimate of drug-likeness (QED) is 0.615. The molecule has 0 unspecified atom stereocenters. The van der Waals surface area contributed by atoms with Crippen molar-refractivity contribution in [2.45, 2.75) is 32.0 Å². The molecular weight excluding hydrogens is 414 g/mol. The first-order valence-electron chi connectivity index (χ1n) is 10.3. The van der Waals surface area contributed by atoms with Crippen LogP contribution in [0.4, 0.5) is 9.93 Å². The lowest BCUT2D eigenvalue weighted by Gasteiger charge is -2.25. The first-order valence-corrected chi connectivity index (χ1v) is 11.1. The van der Waals surface area contributed by atoms with Gasteiger partial charge >= 0.3 is 6.09 Å². The normalized spacial score (nSPS) is 22.8. The minimum absolute atomic E-state index is 0.0155. The fourth-order valence-electron chi connectivity index (χ4n) is 4.57. The van der Waals surface area contributed by atoms with E-state index in [4.69, 9.17) is 9.47 Å².